The Morgan fingerprint density at radius 1 is 1.14 bits per heavy atom. The average molecular weight is 281 g/mol. The molecule has 0 unspecified atom stereocenters. The normalized spacial score (nSPS) is 11.2. The van der Waals surface area contributed by atoms with E-state index in [1.807, 2.05) is 30.3 Å². The maximum absolute atomic E-state index is 12.0. The minimum atomic E-state index is -0.291. The number of rotatable bonds is 6. The van der Waals surface area contributed by atoms with Crippen molar-refractivity contribution in [3.05, 3.63) is 66.0 Å². The maximum Gasteiger partial charge on any atom is 0.289 e. The molecule has 1 aromatic carbocycles. The molecule has 0 saturated heterocycles. The molecule has 2 rings (SSSR count). The fourth-order valence-corrected chi connectivity index (χ4v) is 1.91. The number of nitrogens with one attached hydrogen (secondary N) is 1. The monoisotopic (exact) mass is 281 g/mol. The largest absolute Gasteiger partial charge is 0.289 e. The van der Waals surface area contributed by atoms with Crippen LogP contribution in [0.15, 0.2) is 59.8 Å². The third-order valence-electron chi connectivity index (χ3n) is 3.06. The van der Waals surface area contributed by atoms with Gasteiger partial charge in [-0.25, -0.2) is 5.43 Å². The van der Waals surface area contributed by atoms with Crippen molar-refractivity contribution < 1.29 is 4.79 Å². The Morgan fingerprint density at radius 3 is 2.57 bits per heavy atom. The molecule has 1 N–H and O–H groups in total. The maximum atomic E-state index is 12.0. The molecule has 0 aliphatic carbocycles. The van der Waals surface area contributed by atoms with Gasteiger partial charge in [0.05, 0.1) is 5.71 Å². The van der Waals surface area contributed by atoms with Crippen LogP contribution in [0.2, 0.25) is 0 Å². The molecule has 0 atom stereocenters. The number of unbranched alkanes of at least 4 members (excludes halogenated alkanes) is 1. The van der Waals surface area contributed by atoms with Crippen molar-refractivity contribution in [3.63, 3.8) is 0 Å². The number of nitrogens with zero attached hydrogens (tertiary/aromatic N) is 2. The van der Waals surface area contributed by atoms with Crippen LogP contribution in [-0.4, -0.2) is 16.6 Å². The summed E-state index contributed by atoms with van der Waals surface area (Å²) in [6, 6.07) is 15.1. The molecule has 21 heavy (non-hydrogen) atoms. The number of amides is 1. The number of carbonyl (C=O) groups is 1. The van der Waals surface area contributed by atoms with E-state index in [1.54, 1.807) is 24.4 Å². The number of hydrogen-bond donors (Lipinski definition) is 1. The summed E-state index contributed by atoms with van der Waals surface area (Å²) in [4.78, 5) is 16.0. The smallest absolute Gasteiger partial charge is 0.266 e. The molecule has 1 heterocycles. The van der Waals surface area contributed by atoms with Gasteiger partial charge in [0.15, 0.2) is 0 Å². The molecule has 4 nitrogen and oxygen atoms in total. The highest BCUT2D eigenvalue weighted by molar-refractivity contribution is 6.01. The van der Waals surface area contributed by atoms with Crippen molar-refractivity contribution in [1.82, 2.24) is 10.4 Å². The first kappa shape index (κ1) is 14.9. The van der Waals surface area contributed by atoms with Crippen LogP contribution in [0.5, 0.6) is 0 Å². The summed E-state index contributed by atoms with van der Waals surface area (Å²) in [5.41, 5.74) is 4.88. The van der Waals surface area contributed by atoms with E-state index < -0.39 is 0 Å². The Morgan fingerprint density at radius 2 is 1.90 bits per heavy atom. The van der Waals surface area contributed by atoms with Gasteiger partial charge in [-0.3, -0.25) is 9.78 Å². The predicted molar refractivity (Wildman–Crippen MR) is 84.2 cm³/mol. The number of benzene rings is 1. The van der Waals surface area contributed by atoms with Gasteiger partial charge in [-0.1, -0.05) is 49.7 Å². The zero-order valence-electron chi connectivity index (χ0n) is 12.1. The molecule has 0 bridgehead atoms. The fraction of sp³-hybridized carbons (Fsp3) is 0.235. The van der Waals surface area contributed by atoms with Gasteiger partial charge in [0.2, 0.25) is 0 Å². The van der Waals surface area contributed by atoms with Crippen LogP contribution < -0.4 is 5.43 Å². The molecular weight excluding hydrogens is 262 g/mol. The second-order valence-electron chi connectivity index (χ2n) is 4.68. The topological polar surface area (TPSA) is 54.4 Å². The first-order chi connectivity index (χ1) is 10.3. The first-order valence-electron chi connectivity index (χ1n) is 7.14. The third-order valence-corrected chi connectivity index (χ3v) is 3.06. The van der Waals surface area contributed by atoms with E-state index in [9.17, 15) is 4.79 Å². The van der Waals surface area contributed by atoms with Crippen LogP contribution >= 0.6 is 0 Å². The number of pyridine rings is 1. The summed E-state index contributed by atoms with van der Waals surface area (Å²) in [6.07, 6.45) is 4.55. The van der Waals surface area contributed by atoms with E-state index in [0.29, 0.717) is 5.69 Å². The molecular formula is C17H19N3O. The van der Waals surface area contributed by atoms with E-state index in [4.69, 9.17) is 0 Å². The quantitative estimate of drug-likeness (QED) is 0.651. The second kappa shape index (κ2) is 7.94. The zero-order chi connectivity index (χ0) is 14.9. The summed E-state index contributed by atoms with van der Waals surface area (Å²) >= 11 is 0. The van der Waals surface area contributed by atoms with Crippen molar-refractivity contribution in [2.45, 2.75) is 26.2 Å². The van der Waals surface area contributed by atoms with Gasteiger partial charge in [0, 0.05) is 6.20 Å². The second-order valence-corrected chi connectivity index (χ2v) is 4.68. The van der Waals surface area contributed by atoms with Crippen molar-refractivity contribution in [2.75, 3.05) is 0 Å². The van der Waals surface area contributed by atoms with E-state index >= 15 is 0 Å². The van der Waals surface area contributed by atoms with Crippen molar-refractivity contribution in [1.29, 1.82) is 0 Å². The first-order valence-corrected chi connectivity index (χ1v) is 7.14. The van der Waals surface area contributed by atoms with Crippen LogP contribution in [0.3, 0.4) is 0 Å². The predicted octanol–water partition coefficient (Wildman–Crippen LogP) is 3.41. The van der Waals surface area contributed by atoms with Crippen molar-refractivity contribution in [2.24, 2.45) is 5.10 Å². The number of aromatic nitrogens is 1. The van der Waals surface area contributed by atoms with Crippen LogP contribution in [-0.2, 0) is 0 Å². The van der Waals surface area contributed by atoms with Gasteiger partial charge in [0.25, 0.3) is 5.91 Å². The SMILES string of the molecule is CCCC/C(=N\NC(=O)c1ccccn1)c1ccccc1. The highest BCUT2D eigenvalue weighted by atomic mass is 16.2. The summed E-state index contributed by atoms with van der Waals surface area (Å²) < 4.78 is 0. The van der Waals surface area contributed by atoms with Gasteiger partial charge >= 0.3 is 0 Å². The van der Waals surface area contributed by atoms with Gasteiger partial charge in [-0.05, 0) is 30.5 Å². The van der Waals surface area contributed by atoms with E-state index in [1.165, 1.54) is 0 Å². The fourth-order valence-electron chi connectivity index (χ4n) is 1.91. The highest BCUT2D eigenvalue weighted by Crippen LogP contribution is 2.08. The van der Waals surface area contributed by atoms with Crippen molar-refractivity contribution >= 4 is 11.6 Å². The van der Waals surface area contributed by atoms with Crippen molar-refractivity contribution in [3.8, 4) is 0 Å². The van der Waals surface area contributed by atoms with E-state index in [2.05, 4.69) is 22.4 Å². The lowest BCUT2D eigenvalue weighted by Gasteiger charge is -2.07. The molecule has 1 aromatic heterocycles. The lowest BCUT2D eigenvalue weighted by atomic mass is 10.1. The molecule has 2 aromatic rings. The average Bonchev–Trinajstić information content (AvgIpc) is 2.56. The highest BCUT2D eigenvalue weighted by Gasteiger charge is 2.07. The Bertz CT molecular complexity index is 594. The molecule has 108 valence electrons. The number of carbonyl (C=O) groups excluding carboxylic acids is 1. The van der Waals surface area contributed by atoms with E-state index in [-0.39, 0.29) is 5.91 Å². The van der Waals surface area contributed by atoms with Gasteiger partial charge in [-0.2, -0.15) is 5.10 Å². The van der Waals surface area contributed by atoms with Gasteiger partial charge < -0.3 is 0 Å². The zero-order valence-corrected chi connectivity index (χ0v) is 12.1. The Balaban J connectivity index is 2.11. The van der Waals surface area contributed by atoms with Crippen LogP contribution in [0.25, 0.3) is 0 Å². The number of hydrazone groups is 1. The molecule has 0 spiro atoms. The Labute approximate surface area is 124 Å². The summed E-state index contributed by atoms with van der Waals surface area (Å²) in [5.74, 6) is -0.291. The number of hydrogen-bond acceptors (Lipinski definition) is 3. The van der Waals surface area contributed by atoms with E-state index in [0.717, 1.165) is 30.5 Å². The molecule has 0 aliphatic heterocycles. The Hall–Kier alpha value is -2.49. The molecule has 0 saturated carbocycles. The summed E-state index contributed by atoms with van der Waals surface area (Å²) in [6.45, 7) is 2.13. The molecule has 0 fully saturated rings. The minimum absolute atomic E-state index is 0.291. The molecule has 0 aliphatic rings. The standard InChI is InChI=1S/C17H19N3O/c1-2-3-11-15(14-9-5-4-6-10-14)19-20-17(21)16-12-7-8-13-18-16/h4-10,12-13H,2-3,11H2,1H3,(H,20,21)/b19-15+. The van der Waals surface area contributed by atoms with Crippen LogP contribution in [0.1, 0.15) is 42.2 Å². The lowest BCUT2D eigenvalue weighted by Crippen LogP contribution is -2.21. The van der Waals surface area contributed by atoms with Crippen LogP contribution in [0.4, 0.5) is 0 Å². The summed E-state index contributed by atoms with van der Waals surface area (Å²) in [5, 5.41) is 4.28. The van der Waals surface area contributed by atoms with Gasteiger partial charge in [0.1, 0.15) is 5.69 Å². The lowest BCUT2D eigenvalue weighted by molar-refractivity contribution is 0.0950. The molecule has 4 heteroatoms. The minimum Gasteiger partial charge on any atom is -0.266 e. The molecule has 1 amide bonds. The summed E-state index contributed by atoms with van der Waals surface area (Å²) in [7, 11) is 0. The van der Waals surface area contributed by atoms with Gasteiger partial charge in [-0.15, -0.1) is 0 Å². The van der Waals surface area contributed by atoms with Crippen LogP contribution in [0, 0.1) is 0 Å². The molecule has 0 radical (unpaired) electrons. The third kappa shape index (κ3) is 4.53. The Kier molecular flexibility index (Phi) is 5.64.